The lowest BCUT2D eigenvalue weighted by atomic mass is 9.95. The Morgan fingerprint density at radius 2 is 1.89 bits per heavy atom. The minimum absolute atomic E-state index is 0.144. The Kier molecular flexibility index (Phi) is 6.80. The van der Waals surface area contributed by atoms with Gasteiger partial charge in [0.15, 0.2) is 0 Å². The Bertz CT molecular complexity index is 827. The first-order valence-corrected chi connectivity index (χ1v) is 10.1. The molecule has 0 saturated heterocycles. The van der Waals surface area contributed by atoms with Gasteiger partial charge in [-0.25, -0.2) is 0 Å². The summed E-state index contributed by atoms with van der Waals surface area (Å²) >= 11 is 0. The van der Waals surface area contributed by atoms with Crippen molar-refractivity contribution in [3.63, 3.8) is 0 Å². The third-order valence-electron chi connectivity index (χ3n) is 5.28. The van der Waals surface area contributed by atoms with Gasteiger partial charge in [0, 0.05) is 31.2 Å². The highest BCUT2D eigenvalue weighted by atomic mass is 16.2. The molecule has 0 radical (unpaired) electrons. The molecule has 2 heterocycles. The molecule has 0 bridgehead atoms. The number of carbonyl (C=O) groups excluding carboxylic acids is 1. The monoisotopic (exact) mass is 367 g/mol. The highest BCUT2D eigenvalue weighted by Crippen LogP contribution is 2.20. The molecular formula is C22H29N3O2. The molecule has 5 heteroatoms. The molecule has 1 aliphatic carbocycles. The molecule has 27 heavy (non-hydrogen) atoms. The van der Waals surface area contributed by atoms with Gasteiger partial charge in [-0.2, -0.15) is 0 Å². The van der Waals surface area contributed by atoms with E-state index in [2.05, 4.69) is 17.2 Å². The molecule has 1 aliphatic rings. The number of pyridine rings is 2. The summed E-state index contributed by atoms with van der Waals surface area (Å²) in [6.07, 6.45) is 11.9. The zero-order valence-corrected chi connectivity index (χ0v) is 16.2. The van der Waals surface area contributed by atoms with Crippen molar-refractivity contribution in [1.29, 1.82) is 0 Å². The second-order valence-corrected chi connectivity index (χ2v) is 7.29. The number of aryl methyl sites for hydroxylation is 1. The van der Waals surface area contributed by atoms with Crippen LogP contribution < -0.4 is 10.9 Å². The number of fused-ring (bicyclic) bond motifs is 1. The van der Waals surface area contributed by atoms with Crippen LogP contribution in [0.4, 0.5) is 0 Å². The molecule has 0 fully saturated rings. The second kappa shape index (κ2) is 9.49. The van der Waals surface area contributed by atoms with Crippen molar-refractivity contribution in [2.75, 3.05) is 0 Å². The summed E-state index contributed by atoms with van der Waals surface area (Å²) in [6, 6.07) is 5.58. The van der Waals surface area contributed by atoms with Gasteiger partial charge in [0.25, 0.3) is 11.5 Å². The van der Waals surface area contributed by atoms with Crippen LogP contribution in [0.1, 0.15) is 72.6 Å². The summed E-state index contributed by atoms with van der Waals surface area (Å²) in [5.74, 6) is -0.285. The van der Waals surface area contributed by atoms with E-state index in [0.717, 1.165) is 49.8 Å². The summed E-state index contributed by atoms with van der Waals surface area (Å²) in [5.41, 5.74) is 3.43. The number of amides is 1. The fourth-order valence-corrected chi connectivity index (χ4v) is 3.73. The average molecular weight is 367 g/mol. The SMILES string of the molecule is CCCCn1c2c(cc(C(=O)NCc3ccncc3)c1=O)CCCCCC2. The fourth-order valence-electron chi connectivity index (χ4n) is 3.73. The van der Waals surface area contributed by atoms with Crippen LogP contribution >= 0.6 is 0 Å². The van der Waals surface area contributed by atoms with E-state index in [-0.39, 0.29) is 17.0 Å². The Labute approximate surface area is 160 Å². The van der Waals surface area contributed by atoms with Gasteiger partial charge in [0.1, 0.15) is 5.56 Å². The maximum absolute atomic E-state index is 13.1. The van der Waals surface area contributed by atoms with Crippen molar-refractivity contribution < 1.29 is 4.79 Å². The quantitative estimate of drug-likeness (QED) is 0.848. The van der Waals surface area contributed by atoms with Crippen molar-refractivity contribution in [3.8, 4) is 0 Å². The Hall–Kier alpha value is -2.43. The van der Waals surface area contributed by atoms with Crippen molar-refractivity contribution >= 4 is 5.91 Å². The number of unbranched alkanes of at least 4 members (excludes halogenated alkanes) is 1. The first-order valence-electron chi connectivity index (χ1n) is 10.1. The molecule has 0 aromatic carbocycles. The number of carbonyl (C=O) groups is 1. The molecule has 3 rings (SSSR count). The van der Waals surface area contributed by atoms with E-state index >= 15 is 0 Å². The maximum atomic E-state index is 13.1. The summed E-state index contributed by atoms with van der Waals surface area (Å²) in [6.45, 7) is 3.22. The zero-order chi connectivity index (χ0) is 19.1. The Balaban J connectivity index is 1.90. The van der Waals surface area contributed by atoms with E-state index in [4.69, 9.17) is 0 Å². The predicted octanol–water partition coefficient (Wildman–Crippen LogP) is 3.63. The standard InChI is InChI=1S/C22H29N3O2/c1-2-3-14-25-20-9-7-5-4-6-8-18(20)15-19(22(25)27)21(26)24-16-17-10-12-23-13-11-17/h10-13,15H,2-9,14,16H2,1H3,(H,24,26). The molecule has 2 aromatic rings. The van der Waals surface area contributed by atoms with Gasteiger partial charge in [-0.15, -0.1) is 0 Å². The molecule has 0 aliphatic heterocycles. The molecule has 1 amide bonds. The summed E-state index contributed by atoms with van der Waals surface area (Å²) in [7, 11) is 0. The van der Waals surface area contributed by atoms with Gasteiger partial charge in [0.2, 0.25) is 0 Å². The Morgan fingerprint density at radius 3 is 2.63 bits per heavy atom. The predicted molar refractivity (Wildman–Crippen MR) is 107 cm³/mol. The number of aromatic nitrogens is 2. The van der Waals surface area contributed by atoms with Gasteiger partial charge in [-0.3, -0.25) is 14.6 Å². The summed E-state index contributed by atoms with van der Waals surface area (Å²) < 4.78 is 1.88. The van der Waals surface area contributed by atoms with Gasteiger partial charge in [-0.1, -0.05) is 26.2 Å². The smallest absolute Gasteiger partial charge is 0.263 e. The van der Waals surface area contributed by atoms with Crippen LogP contribution in [0.25, 0.3) is 0 Å². The minimum atomic E-state index is -0.285. The zero-order valence-electron chi connectivity index (χ0n) is 16.2. The van der Waals surface area contributed by atoms with E-state index in [1.165, 1.54) is 18.4 Å². The normalized spacial score (nSPS) is 14.1. The molecule has 5 nitrogen and oxygen atoms in total. The van der Waals surface area contributed by atoms with Crippen LogP contribution in [-0.4, -0.2) is 15.5 Å². The molecule has 1 N–H and O–H groups in total. The highest BCUT2D eigenvalue weighted by Gasteiger charge is 2.19. The first kappa shape index (κ1) is 19.3. The van der Waals surface area contributed by atoms with Gasteiger partial charge < -0.3 is 9.88 Å². The van der Waals surface area contributed by atoms with E-state index in [1.807, 2.05) is 22.8 Å². The van der Waals surface area contributed by atoms with E-state index in [9.17, 15) is 9.59 Å². The number of nitrogens with one attached hydrogen (secondary N) is 1. The Morgan fingerprint density at radius 1 is 1.15 bits per heavy atom. The lowest BCUT2D eigenvalue weighted by Gasteiger charge is -2.21. The summed E-state index contributed by atoms with van der Waals surface area (Å²) in [5, 5.41) is 2.89. The van der Waals surface area contributed by atoms with Crippen LogP contribution in [-0.2, 0) is 25.9 Å². The second-order valence-electron chi connectivity index (χ2n) is 7.29. The average Bonchev–Trinajstić information content (AvgIpc) is 2.67. The van der Waals surface area contributed by atoms with E-state index in [1.54, 1.807) is 12.4 Å². The summed E-state index contributed by atoms with van der Waals surface area (Å²) in [4.78, 5) is 29.8. The third-order valence-corrected chi connectivity index (χ3v) is 5.28. The van der Waals surface area contributed by atoms with Gasteiger partial charge in [-0.05, 0) is 61.4 Å². The highest BCUT2D eigenvalue weighted by molar-refractivity contribution is 5.94. The van der Waals surface area contributed by atoms with Crippen LogP contribution in [0, 0.1) is 0 Å². The molecule has 0 saturated carbocycles. The minimum Gasteiger partial charge on any atom is -0.348 e. The topological polar surface area (TPSA) is 64.0 Å². The molecule has 0 atom stereocenters. The third kappa shape index (κ3) is 4.85. The fraction of sp³-hybridized carbons (Fsp3) is 0.500. The van der Waals surface area contributed by atoms with Crippen molar-refractivity contribution in [3.05, 3.63) is 63.3 Å². The van der Waals surface area contributed by atoms with Gasteiger partial charge in [0.05, 0.1) is 0 Å². The molecule has 144 valence electrons. The first-order chi connectivity index (χ1) is 13.2. The lowest BCUT2D eigenvalue weighted by molar-refractivity contribution is 0.0948. The van der Waals surface area contributed by atoms with Gasteiger partial charge >= 0.3 is 0 Å². The lowest BCUT2D eigenvalue weighted by Crippen LogP contribution is -2.35. The van der Waals surface area contributed by atoms with Crippen LogP contribution in [0.15, 0.2) is 35.4 Å². The van der Waals surface area contributed by atoms with Crippen LogP contribution in [0.5, 0.6) is 0 Å². The van der Waals surface area contributed by atoms with E-state index in [0.29, 0.717) is 13.1 Å². The molecule has 0 unspecified atom stereocenters. The molecule has 0 spiro atoms. The van der Waals surface area contributed by atoms with Crippen molar-refractivity contribution in [2.24, 2.45) is 0 Å². The van der Waals surface area contributed by atoms with Crippen molar-refractivity contribution in [2.45, 2.75) is 71.4 Å². The van der Waals surface area contributed by atoms with Crippen molar-refractivity contribution in [1.82, 2.24) is 14.9 Å². The van der Waals surface area contributed by atoms with Crippen LogP contribution in [0.2, 0.25) is 0 Å². The largest absolute Gasteiger partial charge is 0.348 e. The molecular weight excluding hydrogens is 338 g/mol. The maximum Gasteiger partial charge on any atom is 0.263 e. The number of nitrogens with zero attached hydrogens (tertiary/aromatic N) is 2. The number of hydrogen-bond acceptors (Lipinski definition) is 3. The van der Waals surface area contributed by atoms with E-state index < -0.39 is 0 Å². The number of hydrogen-bond donors (Lipinski definition) is 1. The van der Waals surface area contributed by atoms with Crippen LogP contribution in [0.3, 0.4) is 0 Å². The molecule has 2 aromatic heterocycles. The number of rotatable bonds is 6.